The van der Waals surface area contributed by atoms with E-state index in [1.165, 1.54) is 18.2 Å². The second-order valence-electron chi connectivity index (χ2n) is 5.15. The summed E-state index contributed by atoms with van der Waals surface area (Å²) in [7, 11) is -3.31. The smallest absolute Gasteiger partial charge is 0.273 e. The molecule has 0 aliphatic heterocycles. The number of nitro groups is 1. The number of hydrogen-bond acceptors (Lipinski definition) is 5. The van der Waals surface area contributed by atoms with Gasteiger partial charge < -0.3 is 4.74 Å². The van der Waals surface area contributed by atoms with Gasteiger partial charge >= 0.3 is 0 Å². The summed E-state index contributed by atoms with van der Waals surface area (Å²) in [5.41, 5.74) is -0.164. The molecule has 0 amide bonds. The van der Waals surface area contributed by atoms with Crippen molar-refractivity contribution in [2.45, 2.75) is 25.5 Å². The topological polar surface area (TPSA) is 86.5 Å². The summed E-state index contributed by atoms with van der Waals surface area (Å²) in [4.78, 5) is 10.1. The Balaban J connectivity index is 2.77. The third-order valence-corrected chi connectivity index (χ3v) is 5.55. The van der Waals surface area contributed by atoms with E-state index in [2.05, 4.69) is 0 Å². The number of hydrogen-bond donors (Lipinski definition) is 0. The van der Waals surface area contributed by atoms with Crippen LogP contribution in [0.4, 0.5) is 5.69 Å². The van der Waals surface area contributed by atoms with Crippen molar-refractivity contribution in [3.63, 3.8) is 0 Å². The minimum absolute atomic E-state index is 0.102. The lowest BCUT2D eigenvalue weighted by atomic mass is 10.3. The number of ether oxygens (including phenoxy) is 1. The molecule has 0 aromatic heterocycles. The van der Waals surface area contributed by atoms with Gasteiger partial charge in [-0.1, -0.05) is 11.6 Å². The van der Waals surface area contributed by atoms with Gasteiger partial charge in [0.15, 0.2) is 9.84 Å². The maximum Gasteiger partial charge on any atom is 0.273 e. The van der Waals surface area contributed by atoms with E-state index in [0.717, 1.165) is 0 Å². The highest BCUT2D eigenvalue weighted by atomic mass is 35.5. The van der Waals surface area contributed by atoms with Gasteiger partial charge in [0, 0.05) is 6.07 Å². The molecule has 0 heterocycles. The summed E-state index contributed by atoms with van der Waals surface area (Å²) in [6.45, 7) is 4.69. The molecule has 0 atom stereocenters. The van der Waals surface area contributed by atoms with Gasteiger partial charge in [0.05, 0.1) is 26.5 Å². The van der Waals surface area contributed by atoms with E-state index in [-0.39, 0.29) is 28.8 Å². The molecular formula is C12H16ClNO5S. The number of nitrogens with zero attached hydrogens (tertiary/aromatic N) is 1. The fourth-order valence-corrected chi connectivity index (χ4v) is 2.37. The largest absolute Gasteiger partial charge is 0.491 e. The summed E-state index contributed by atoms with van der Waals surface area (Å²) in [6, 6.07) is 3.76. The zero-order valence-electron chi connectivity index (χ0n) is 11.4. The van der Waals surface area contributed by atoms with Gasteiger partial charge in [0.2, 0.25) is 0 Å². The van der Waals surface area contributed by atoms with Gasteiger partial charge in [-0.15, -0.1) is 0 Å². The Labute approximate surface area is 122 Å². The predicted molar refractivity (Wildman–Crippen MR) is 77.1 cm³/mol. The zero-order chi connectivity index (χ0) is 15.6. The van der Waals surface area contributed by atoms with E-state index >= 15 is 0 Å². The Morgan fingerprint density at radius 3 is 2.45 bits per heavy atom. The summed E-state index contributed by atoms with van der Waals surface area (Å²) in [5, 5.41) is 10.8. The lowest BCUT2D eigenvalue weighted by Crippen LogP contribution is -2.32. The van der Waals surface area contributed by atoms with E-state index in [4.69, 9.17) is 16.3 Å². The standard InChI is InChI=1S/C12H16ClNO5S/c1-12(2,3)20(17,18)7-6-19-11-8-9(14(15)16)4-5-10(11)13/h4-5,8H,6-7H2,1-3H3. The van der Waals surface area contributed by atoms with Gasteiger partial charge in [-0.2, -0.15) is 0 Å². The number of non-ortho nitro benzene ring substituents is 1. The molecule has 0 aliphatic carbocycles. The Hall–Kier alpha value is -1.34. The lowest BCUT2D eigenvalue weighted by Gasteiger charge is -2.19. The van der Waals surface area contributed by atoms with E-state index < -0.39 is 19.5 Å². The summed E-state index contributed by atoms with van der Waals surface area (Å²) in [5.74, 6) is -0.0832. The summed E-state index contributed by atoms with van der Waals surface area (Å²) < 4.78 is 28.1. The molecule has 1 aromatic carbocycles. The molecule has 0 fully saturated rings. The molecule has 0 spiro atoms. The van der Waals surface area contributed by atoms with Crippen molar-refractivity contribution in [3.05, 3.63) is 33.3 Å². The fourth-order valence-electron chi connectivity index (χ4n) is 1.28. The van der Waals surface area contributed by atoms with Crippen LogP contribution >= 0.6 is 11.6 Å². The SMILES string of the molecule is CC(C)(C)S(=O)(=O)CCOc1cc([N+](=O)[O-])ccc1Cl. The zero-order valence-corrected chi connectivity index (χ0v) is 13.0. The maximum absolute atomic E-state index is 11.9. The monoisotopic (exact) mass is 321 g/mol. The predicted octanol–water partition coefficient (Wildman–Crippen LogP) is 2.84. The molecule has 1 rings (SSSR count). The van der Waals surface area contributed by atoms with E-state index in [9.17, 15) is 18.5 Å². The second kappa shape index (κ2) is 5.97. The van der Waals surface area contributed by atoms with Crippen molar-refractivity contribution in [2.75, 3.05) is 12.4 Å². The third-order valence-electron chi connectivity index (χ3n) is 2.67. The first-order valence-electron chi connectivity index (χ1n) is 5.83. The highest BCUT2D eigenvalue weighted by Gasteiger charge is 2.28. The highest BCUT2D eigenvalue weighted by Crippen LogP contribution is 2.29. The molecule has 0 unspecified atom stereocenters. The average Bonchev–Trinajstić information content (AvgIpc) is 2.29. The van der Waals surface area contributed by atoms with Crippen LogP contribution < -0.4 is 4.74 Å². The van der Waals surface area contributed by atoms with Crippen molar-refractivity contribution in [1.82, 2.24) is 0 Å². The van der Waals surface area contributed by atoms with E-state index in [1.54, 1.807) is 20.8 Å². The second-order valence-corrected chi connectivity index (χ2v) is 8.42. The van der Waals surface area contributed by atoms with Crippen LogP contribution in [0.5, 0.6) is 5.75 Å². The molecule has 6 nitrogen and oxygen atoms in total. The molecule has 0 bridgehead atoms. The van der Waals surface area contributed by atoms with Crippen LogP contribution in [-0.2, 0) is 9.84 Å². The summed E-state index contributed by atoms with van der Waals surface area (Å²) >= 11 is 5.84. The third kappa shape index (κ3) is 4.08. The Kier molecular flexibility index (Phi) is 4.99. The fraction of sp³-hybridized carbons (Fsp3) is 0.500. The quantitative estimate of drug-likeness (QED) is 0.614. The Morgan fingerprint density at radius 2 is 1.95 bits per heavy atom. The molecule has 0 N–H and O–H groups in total. The van der Waals surface area contributed by atoms with Crippen LogP contribution in [-0.4, -0.2) is 30.4 Å². The van der Waals surface area contributed by atoms with E-state index in [0.29, 0.717) is 0 Å². The number of nitro benzene ring substituents is 1. The number of sulfone groups is 1. The van der Waals surface area contributed by atoms with Crippen LogP contribution in [0, 0.1) is 10.1 Å². The molecule has 0 aliphatic rings. The molecular weight excluding hydrogens is 306 g/mol. The molecule has 20 heavy (non-hydrogen) atoms. The molecule has 8 heteroatoms. The van der Waals surface area contributed by atoms with Crippen LogP contribution in [0.25, 0.3) is 0 Å². The van der Waals surface area contributed by atoms with Gasteiger partial charge in [-0.3, -0.25) is 10.1 Å². The molecule has 0 radical (unpaired) electrons. The van der Waals surface area contributed by atoms with Gasteiger partial charge in [-0.25, -0.2) is 8.42 Å². The minimum atomic E-state index is -3.31. The molecule has 1 aromatic rings. The van der Waals surface area contributed by atoms with E-state index in [1.807, 2.05) is 0 Å². The van der Waals surface area contributed by atoms with Crippen molar-refractivity contribution in [1.29, 1.82) is 0 Å². The van der Waals surface area contributed by atoms with Crippen molar-refractivity contribution < 1.29 is 18.1 Å². The Morgan fingerprint density at radius 1 is 1.35 bits per heavy atom. The van der Waals surface area contributed by atoms with Crippen LogP contribution in [0.15, 0.2) is 18.2 Å². The minimum Gasteiger partial charge on any atom is -0.491 e. The first-order valence-corrected chi connectivity index (χ1v) is 7.86. The van der Waals surface area contributed by atoms with Crippen LogP contribution in [0.3, 0.4) is 0 Å². The van der Waals surface area contributed by atoms with Gasteiger partial charge in [-0.05, 0) is 26.8 Å². The van der Waals surface area contributed by atoms with Crippen molar-refractivity contribution >= 4 is 27.1 Å². The van der Waals surface area contributed by atoms with Crippen molar-refractivity contribution in [3.8, 4) is 5.75 Å². The highest BCUT2D eigenvalue weighted by molar-refractivity contribution is 7.92. The average molecular weight is 322 g/mol. The number of halogens is 1. The molecule has 0 saturated heterocycles. The first-order chi connectivity index (χ1) is 9.04. The normalized spacial score (nSPS) is 12.2. The van der Waals surface area contributed by atoms with Gasteiger partial charge in [0.25, 0.3) is 5.69 Å². The van der Waals surface area contributed by atoms with Gasteiger partial charge in [0.1, 0.15) is 12.4 Å². The molecule has 0 saturated carbocycles. The van der Waals surface area contributed by atoms with Crippen molar-refractivity contribution in [2.24, 2.45) is 0 Å². The lowest BCUT2D eigenvalue weighted by molar-refractivity contribution is -0.384. The Bertz CT molecular complexity index is 607. The summed E-state index contributed by atoms with van der Waals surface area (Å²) in [6.07, 6.45) is 0. The first kappa shape index (κ1) is 16.7. The number of rotatable bonds is 5. The van der Waals surface area contributed by atoms with Crippen LogP contribution in [0.1, 0.15) is 20.8 Å². The maximum atomic E-state index is 11.9. The number of benzene rings is 1. The van der Waals surface area contributed by atoms with Crippen LogP contribution in [0.2, 0.25) is 5.02 Å². The molecule has 112 valence electrons.